The summed E-state index contributed by atoms with van der Waals surface area (Å²) >= 11 is 0. The van der Waals surface area contributed by atoms with Gasteiger partial charge in [0, 0.05) is 18.3 Å². The van der Waals surface area contributed by atoms with Gasteiger partial charge in [-0.25, -0.2) is 14.8 Å². The first-order valence-corrected chi connectivity index (χ1v) is 5.68. The van der Waals surface area contributed by atoms with Gasteiger partial charge in [0.05, 0.1) is 12.5 Å². The van der Waals surface area contributed by atoms with E-state index in [2.05, 4.69) is 16.0 Å². The second-order valence-electron chi connectivity index (χ2n) is 4.19. The lowest BCUT2D eigenvalue weighted by Gasteiger charge is -2.26. The summed E-state index contributed by atoms with van der Waals surface area (Å²) in [5.41, 5.74) is 0.570. The summed E-state index contributed by atoms with van der Waals surface area (Å²) in [5.74, 6) is -0.719. The average Bonchev–Trinajstić information content (AvgIpc) is 2.28. The third kappa shape index (κ3) is 3.42. The van der Waals surface area contributed by atoms with E-state index in [0.29, 0.717) is 24.6 Å². The third-order valence-electron chi connectivity index (χ3n) is 2.41. The topological polar surface area (TPSA) is 90.1 Å². The van der Waals surface area contributed by atoms with E-state index >= 15 is 0 Å². The number of anilines is 1. The van der Waals surface area contributed by atoms with Crippen LogP contribution in [0.2, 0.25) is 0 Å². The first-order chi connectivity index (χ1) is 8.45. The molecule has 0 saturated heterocycles. The Bertz CT molecular complexity index is 479. The highest BCUT2D eigenvalue weighted by Gasteiger charge is 2.16. The summed E-state index contributed by atoms with van der Waals surface area (Å²) in [5, 5.41) is 17.6. The summed E-state index contributed by atoms with van der Waals surface area (Å²) in [4.78, 5) is 21.0. The normalized spacial score (nSPS) is 10.2. The summed E-state index contributed by atoms with van der Waals surface area (Å²) in [6, 6.07) is 3.59. The smallest absolute Gasteiger partial charge is 0.354 e. The quantitative estimate of drug-likeness (QED) is 0.851. The lowest BCUT2D eigenvalue weighted by Crippen LogP contribution is -2.33. The van der Waals surface area contributed by atoms with Crippen LogP contribution < -0.4 is 4.90 Å². The van der Waals surface area contributed by atoms with E-state index in [1.165, 1.54) is 6.07 Å². The van der Waals surface area contributed by atoms with E-state index < -0.39 is 5.97 Å². The zero-order valence-electron chi connectivity index (χ0n) is 10.7. The van der Waals surface area contributed by atoms with E-state index in [4.69, 9.17) is 10.4 Å². The van der Waals surface area contributed by atoms with Crippen LogP contribution >= 0.6 is 0 Å². The van der Waals surface area contributed by atoms with E-state index in [0.717, 1.165) is 0 Å². The summed E-state index contributed by atoms with van der Waals surface area (Å²) < 4.78 is 0. The van der Waals surface area contributed by atoms with Crippen molar-refractivity contribution in [2.45, 2.75) is 33.2 Å². The molecule has 0 aliphatic rings. The molecule has 0 unspecified atom stereocenters. The van der Waals surface area contributed by atoms with Crippen LogP contribution in [0.25, 0.3) is 0 Å². The van der Waals surface area contributed by atoms with Gasteiger partial charge in [0.25, 0.3) is 0 Å². The molecule has 1 N–H and O–H groups in total. The van der Waals surface area contributed by atoms with Crippen molar-refractivity contribution in [1.29, 1.82) is 5.26 Å². The molecule has 0 aromatic carbocycles. The number of aryl methyl sites for hydroxylation is 1. The number of carboxylic acid groups (broad SMARTS) is 1. The molecule has 0 bridgehead atoms. The Morgan fingerprint density at radius 3 is 2.72 bits per heavy atom. The molecule has 0 atom stereocenters. The van der Waals surface area contributed by atoms with Gasteiger partial charge < -0.3 is 10.0 Å². The Balaban J connectivity index is 3.12. The standard InChI is InChI=1S/C12H16N4O2/c1-8(2)16(6-4-5-13)12-14-9(3)7-10(15-12)11(17)18/h7-8H,4,6H2,1-3H3,(H,17,18). The van der Waals surface area contributed by atoms with Crippen LogP contribution in [0.15, 0.2) is 6.07 Å². The lowest BCUT2D eigenvalue weighted by molar-refractivity contribution is 0.0690. The van der Waals surface area contributed by atoms with Crippen LogP contribution in [0.4, 0.5) is 5.95 Å². The maximum absolute atomic E-state index is 11.0. The molecule has 0 saturated carbocycles. The van der Waals surface area contributed by atoms with Crippen LogP contribution in [0.1, 0.15) is 36.5 Å². The zero-order chi connectivity index (χ0) is 13.7. The molecule has 6 nitrogen and oxygen atoms in total. The zero-order valence-corrected chi connectivity index (χ0v) is 10.7. The van der Waals surface area contributed by atoms with Gasteiger partial charge in [0.15, 0.2) is 5.69 Å². The van der Waals surface area contributed by atoms with Crippen molar-refractivity contribution >= 4 is 11.9 Å². The van der Waals surface area contributed by atoms with Crippen molar-refractivity contribution in [2.24, 2.45) is 0 Å². The highest BCUT2D eigenvalue weighted by Crippen LogP contribution is 2.14. The van der Waals surface area contributed by atoms with Crippen molar-refractivity contribution in [3.63, 3.8) is 0 Å². The maximum Gasteiger partial charge on any atom is 0.354 e. The number of carboxylic acids is 1. The van der Waals surface area contributed by atoms with E-state index in [-0.39, 0.29) is 11.7 Å². The molecule has 0 fully saturated rings. The molecule has 0 spiro atoms. The van der Waals surface area contributed by atoms with Crippen molar-refractivity contribution in [3.05, 3.63) is 17.5 Å². The van der Waals surface area contributed by atoms with Gasteiger partial charge in [-0.3, -0.25) is 0 Å². The second-order valence-corrected chi connectivity index (χ2v) is 4.19. The highest BCUT2D eigenvalue weighted by molar-refractivity contribution is 5.85. The first-order valence-electron chi connectivity index (χ1n) is 5.68. The first kappa shape index (κ1) is 13.9. The molecule has 1 heterocycles. The largest absolute Gasteiger partial charge is 0.477 e. The van der Waals surface area contributed by atoms with Gasteiger partial charge in [-0.05, 0) is 26.8 Å². The predicted octanol–water partition coefficient (Wildman–Crippen LogP) is 1.61. The molecule has 0 aliphatic carbocycles. The van der Waals surface area contributed by atoms with Crippen molar-refractivity contribution in [1.82, 2.24) is 9.97 Å². The molecule has 18 heavy (non-hydrogen) atoms. The second kappa shape index (κ2) is 5.96. The molecule has 0 amide bonds. The number of hydrogen-bond acceptors (Lipinski definition) is 5. The van der Waals surface area contributed by atoms with Crippen molar-refractivity contribution < 1.29 is 9.90 Å². The molecule has 6 heteroatoms. The van der Waals surface area contributed by atoms with Crippen molar-refractivity contribution in [3.8, 4) is 6.07 Å². The fraction of sp³-hybridized carbons (Fsp3) is 0.500. The number of nitrogens with zero attached hydrogens (tertiary/aromatic N) is 4. The minimum Gasteiger partial charge on any atom is -0.477 e. The maximum atomic E-state index is 11.0. The van der Waals surface area contributed by atoms with Gasteiger partial charge in [-0.1, -0.05) is 0 Å². The number of aromatic nitrogens is 2. The fourth-order valence-corrected chi connectivity index (χ4v) is 1.55. The van der Waals surface area contributed by atoms with Gasteiger partial charge in [0.1, 0.15) is 0 Å². The van der Waals surface area contributed by atoms with Crippen LogP contribution in [-0.2, 0) is 0 Å². The van der Waals surface area contributed by atoms with Crippen LogP contribution in [-0.4, -0.2) is 33.6 Å². The summed E-state index contributed by atoms with van der Waals surface area (Å²) in [7, 11) is 0. The van der Waals surface area contributed by atoms with Crippen molar-refractivity contribution in [2.75, 3.05) is 11.4 Å². The predicted molar refractivity (Wildman–Crippen MR) is 66.4 cm³/mol. The number of aromatic carboxylic acids is 1. The molecule has 1 aromatic heterocycles. The number of carbonyl (C=O) groups is 1. The van der Waals surface area contributed by atoms with Gasteiger partial charge in [-0.15, -0.1) is 0 Å². The van der Waals surface area contributed by atoms with Crippen LogP contribution in [0.5, 0.6) is 0 Å². The number of nitriles is 1. The minimum absolute atomic E-state index is 0.0277. The molecule has 0 radical (unpaired) electrons. The van der Waals surface area contributed by atoms with E-state index in [9.17, 15) is 4.79 Å². The summed E-state index contributed by atoms with van der Waals surface area (Å²) in [6.45, 7) is 6.10. The Hall–Kier alpha value is -2.16. The van der Waals surface area contributed by atoms with Gasteiger partial charge in [0.2, 0.25) is 5.95 Å². The van der Waals surface area contributed by atoms with Crippen LogP contribution in [0.3, 0.4) is 0 Å². The van der Waals surface area contributed by atoms with Gasteiger partial charge >= 0.3 is 5.97 Å². The van der Waals surface area contributed by atoms with Gasteiger partial charge in [-0.2, -0.15) is 5.26 Å². The number of rotatable bonds is 5. The monoisotopic (exact) mass is 248 g/mol. The van der Waals surface area contributed by atoms with Crippen LogP contribution in [0, 0.1) is 18.3 Å². The lowest BCUT2D eigenvalue weighted by atomic mass is 10.3. The minimum atomic E-state index is -1.08. The molecular weight excluding hydrogens is 232 g/mol. The number of hydrogen-bond donors (Lipinski definition) is 1. The highest BCUT2D eigenvalue weighted by atomic mass is 16.4. The molecule has 0 aliphatic heterocycles. The Kier molecular flexibility index (Phi) is 4.60. The summed E-state index contributed by atoms with van der Waals surface area (Å²) in [6.07, 6.45) is 0.345. The SMILES string of the molecule is Cc1cc(C(=O)O)nc(N(CCC#N)C(C)C)n1. The molecular formula is C12H16N4O2. The molecule has 1 aromatic rings. The third-order valence-corrected chi connectivity index (χ3v) is 2.41. The Morgan fingerprint density at radius 1 is 1.56 bits per heavy atom. The van der Waals surface area contributed by atoms with E-state index in [1.807, 2.05) is 18.7 Å². The molecule has 96 valence electrons. The Labute approximate surface area is 106 Å². The van der Waals surface area contributed by atoms with E-state index in [1.54, 1.807) is 6.92 Å². The average molecular weight is 248 g/mol. The molecule has 1 rings (SSSR count). The Morgan fingerprint density at radius 2 is 2.22 bits per heavy atom. The fourth-order valence-electron chi connectivity index (χ4n) is 1.55.